The van der Waals surface area contributed by atoms with Gasteiger partial charge in [-0.15, -0.1) is 0 Å². The first-order valence-corrected chi connectivity index (χ1v) is 11.6. The number of nitrogens with one attached hydrogen (secondary N) is 1. The molecule has 1 aliphatic heterocycles. The lowest BCUT2D eigenvalue weighted by Crippen LogP contribution is -2.54. The maximum atomic E-state index is 13.2. The molecular formula is C28H25ClN2O4. The standard InChI is InChI=1S/C28H25ClN2O4/c1-4-35-25-16-19(9-10-21(25)14-20-12-17(2)11-18(3)13-20)15-22-26(32)30-28(34)31(27(22)33)24-8-6-5-7-23(24)29/h5-13,15-16H,4,14H2,1-3H3,(H,30,32,34)/b22-15+. The fourth-order valence-electron chi connectivity index (χ4n) is 4.16. The first kappa shape index (κ1) is 24.2. The van der Waals surface area contributed by atoms with Crippen LogP contribution in [0, 0.1) is 13.8 Å². The number of para-hydroxylation sites is 1. The Kier molecular flexibility index (Phi) is 7.03. The lowest BCUT2D eigenvalue weighted by molar-refractivity contribution is -0.122. The molecule has 3 aromatic carbocycles. The van der Waals surface area contributed by atoms with Crippen LogP contribution in [0.1, 0.15) is 34.7 Å². The number of barbiturate groups is 1. The Morgan fingerprint density at radius 1 is 0.971 bits per heavy atom. The van der Waals surface area contributed by atoms with E-state index < -0.39 is 17.8 Å². The van der Waals surface area contributed by atoms with E-state index in [4.69, 9.17) is 16.3 Å². The summed E-state index contributed by atoms with van der Waals surface area (Å²) in [5.74, 6) is -0.839. The van der Waals surface area contributed by atoms with Crippen LogP contribution in [0.4, 0.5) is 10.5 Å². The zero-order chi connectivity index (χ0) is 25.1. The van der Waals surface area contributed by atoms with Crippen molar-refractivity contribution in [2.24, 2.45) is 0 Å². The van der Waals surface area contributed by atoms with E-state index in [0.29, 0.717) is 24.3 Å². The third-order valence-electron chi connectivity index (χ3n) is 5.57. The van der Waals surface area contributed by atoms with Crippen LogP contribution in [-0.2, 0) is 16.0 Å². The molecule has 3 aromatic rings. The zero-order valence-corrected chi connectivity index (χ0v) is 20.5. The van der Waals surface area contributed by atoms with Gasteiger partial charge in [0.2, 0.25) is 0 Å². The van der Waals surface area contributed by atoms with Crippen molar-refractivity contribution in [3.8, 4) is 5.75 Å². The molecule has 178 valence electrons. The fraction of sp³-hybridized carbons (Fsp3) is 0.179. The van der Waals surface area contributed by atoms with Gasteiger partial charge in [-0.05, 0) is 61.7 Å². The van der Waals surface area contributed by atoms with E-state index >= 15 is 0 Å². The van der Waals surface area contributed by atoms with Gasteiger partial charge < -0.3 is 4.74 Å². The molecule has 0 unspecified atom stereocenters. The van der Waals surface area contributed by atoms with Gasteiger partial charge in [-0.2, -0.15) is 0 Å². The van der Waals surface area contributed by atoms with Crippen molar-refractivity contribution in [1.29, 1.82) is 0 Å². The van der Waals surface area contributed by atoms with Gasteiger partial charge in [0.15, 0.2) is 0 Å². The highest BCUT2D eigenvalue weighted by atomic mass is 35.5. The topological polar surface area (TPSA) is 75.7 Å². The minimum atomic E-state index is -0.843. The lowest BCUT2D eigenvalue weighted by Gasteiger charge is -2.27. The molecule has 1 heterocycles. The van der Waals surface area contributed by atoms with E-state index in [1.54, 1.807) is 30.3 Å². The van der Waals surface area contributed by atoms with Gasteiger partial charge in [-0.25, -0.2) is 9.69 Å². The maximum Gasteiger partial charge on any atom is 0.335 e. The number of amides is 4. The van der Waals surface area contributed by atoms with Crippen LogP contribution in [0.15, 0.2) is 66.2 Å². The molecule has 6 nitrogen and oxygen atoms in total. The molecule has 0 aliphatic carbocycles. The summed E-state index contributed by atoms with van der Waals surface area (Å²) in [5.41, 5.74) is 5.18. The number of rotatable bonds is 6. The molecule has 1 fully saturated rings. The number of ether oxygens (including phenoxy) is 1. The van der Waals surface area contributed by atoms with E-state index in [-0.39, 0.29) is 16.3 Å². The molecule has 0 radical (unpaired) electrons. The summed E-state index contributed by atoms with van der Waals surface area (Å²) in [6.45, 7) is 6.50. The molecule has 7 heteroatoms. The van der Waals surface area contributed by atoms with E-state index in [2.05, 4.69) is 37.4 Å². The first-order valence-electron chi connectivity index (χ1n) is 11.3. The largest absolute Gasteiger partial charge is 0.494 e. The Hall–Kier alpha value is -3.90. The highest BCUT2D eigenvalue weighted by Gasteiger charge is 2.37. The van der Waals surface area contributed by atoms with Crippen molar-refractivity contribution >= 4 is 41.2 Å². The highest BCUT2D eigenvalue weighted by molar-refractivity contribution is 6.42. The molecular weight excluding hydrogens is 464 g/mol. The molecule has 0 bridgehead atoms. The number of imide groups is 2. The van der Waals surface area contributed by atoms with Crippen molar-refractivity contribution in [3.63, 3.8) is 0 Å². The number of nitrogens with zero attached hydrogens (tertiary/aromatic N) is 1. The third kappa shape index (κ3) is 5.28. The molecule has 1 saturated heterocycles. The van der Waals surface area contributed by atoms with Crippen LogP contribution in [0.2, 0.25) is 5.02 Å². The SMILES string of the molecule is CCOc1cc(/C=C2\C(=O)NC(=O)N(c3ccccc3Cl)C2=O)ccc1Cc1cc(C)cc(C)c1. The maximum absolute atomic E-state index is 13.2. The Balaban J connectivity index is 1.69. The summed E-state index contributed by atoms with van der Waals surface area (Å²) >= 11 is 6.20. The molecule has 1 N–H and O–H groups in total. The van der Waals surface area contributed by atoms with Crippen LogP contribution in [-0.4, -0.2) is 24.5 Å². The fourth-order valence-corrected chi connectivity index (χ4v) is 4.38. The average molecular weight is 489 g/mol. The first-order chi connectivity index (χ1) is 16.8. The summed E-state index contributed by atoms with van der Waals surface area (Å²) in [6.07, 6.45) is 2.14. The van der Waals surface area contributed by atoms with Crippen LogP contribution in [0.5, 0.6) is 5.75 Å². The molecule has 0 aromatic heterocycles. The number of carbonyl (C=O) groups is 3. The number of aryl methyl sites for hydroxylation is 2. The Bertz CT molecular complexity index is 1340. The van der Waals surface area contributed by atoms with Gasteiger partial charge >= 0.3 is 6.03 Å². The average Bonchev–Trinajstić information content (AvgIpc) is 2.79. The molecule has 1 aliphatic rings. The van der Waals surface area contributed by atoms with Crippen LogP contribution in [0.25, 0.3) is 6.08 Å². The van der Waals surface area contributed by atoms with Crippen LogP contribution in [0.3, 0.4) is 0 Å². The quantitative estimate of drug-likeness (QED) is 0.361. The minimum Gasteiger partial charge on any atom is -0.494 e. The second kappa shape index (κ2) is 10.2. The predicted octanol–water partition coefficient (Wildman–Crippen LogP) is 5.61. The molecule has 4 rings (SSSR count). The third-order valence-corrected chi connectivity index (χ3v) is 5.89. The van der Waals surface area contributed by atoms with E-state index in [0.717, 1.165) is 10.5 Å². The molecule has 0 atom stereocenters. The van der Waals surface area contributed by atoms with E-state index in [9.17, 15) is 14.4 Å². The summed E-state index contributed by atoms with van der Waals surface area (Å²) in [7, 11) is 0. The zero-order valence-electron chi connectivity index (χ0n) is 19.7. The smallest absolute Gasteiger partial charge is 0.335 e. The second-order valence-corrected chi connectivity index (χ2v) is 8.79. The number of hydrogen-bond donors (Lipinski definition) is 1. The normalized spacial score (nSPS) is 14.9. The number of benzene rings is 3. The van der Waals surface area contributed by atoms with E-state index in [1.807, 2.05) is 19.1 Å². The Labute approximate surface area is 209 Å². The molecule has 4 amide bonds. The number of anilines is 1. The molecule has 35 heavy (non-hydrogen) atoms. The van der Waals surface area contributed by atoms with Gasteiger partial charge in [-0.1, -0.05) is 65.2 Å². The van der Waals surface area contributed by atoms with Crippen LogP contribution >= 0.6 is 11.6 Å². The van der Waals surface area contributed by atoms with Gasteiger partial charge in [0.1, 0.15) is 11.3 Å². The Morgan fingerprint density at radius 3 is 2.37 bits per heavy atom. The van der Waals surface area contributed by atoms with Crippen molar-refractivity contribution in [1.82, 2.24) is 5.32 Å². The minimum absolute atomic E-state index is 0.172. The van der Waals surface area contributed by atoms with Gasteiger partial charge in [0.25, 0.3) is 11.8 Å². The Morgan fingerprint density at radius 2 is 1.69 bits per heavy atom. The van der Waals surface area contributed by atoms with Crippen molar-refractivity contribution < 1.29 is 19.1 Å². The summed E-state index contributed by atoms with van der Waals surface area (Å²) in [4.78, 5) is 39.0. The highest BCUT2D eigenvalue weighted by Crippen LogP contribution is 2.30. The predicted molar refractivity (Wildman–Crippen MR) is 137 cm³/mol. The van der Waals surface area contributed by atoms with E-state index in [1.165, 1.54) is 22.8 Å². The van der Waals surface area contributed by atoms with Crippen LogP contribution < -0.4 is 15.0 Å². The number of halogens is 1. The van der Waals surface area contributed by atoms with Gasteiger partial charge in [-0.3, -0.25) is 14.9 Å². The number of urea groups is 1. The number of carbonyl (C=O) groups excluding carboxylic acids is 3. The number of hydrogen-bond acceptors (Lipinski definition) is 4. The van der Waals surface area contributed by atoms with Gasteiger partial charge in [0, 0.05) is 6.42 Å². The summed E-state index contributed by atoms with van der Waals surface area (Å²) in [6, 6.07) is 17.6. The summed E-state index contributed by atoms with van der Waals surface area (Å²) < 4.78 is 5.88. The van der Waals surface area contributed by atoms with Gasteiger partial charge in [0.05, 0.1) is 17.3 Å². The summed E-state index contributed by atoms with van der Waals surface area (Å²) in [5, 5.41) is 2.44. The van der Waals surface area contributed by atoms with Crippen molar-refractivity contribution in [2.75, 3.05) is 11.5 Å². The van der Waals surface area contributed by atoms with Crippen molar-refractivity contribution in [3.05, 3.63) is 99.1 Å². The molecule has 0 spiro atoms. The lowest BCUT2D eigenvalue weighted by atomic mass is 9.98. The molecule has 0 saturated carbocycles. The van der Waals surface area contributed by atoms with Crippen molar-refractivity contribution in [2.45, 2.75) is 27.2 Å². The monoisotopic (exact) mass is 488 g/mol. The second-order valence-electron chi connectivity index (χ2n) is 8.38.